The zero-order chi connectivity index (χ0) is 11.6. The molecule has 0 radical (unpaired) electrons. The predicted octanol–water partition coefficient (Wildman–Crippen LogP) is 4.34. The first-order valence-corrected chi connectivity index (χ1v) is 5.52. The summed E-state index contributed by atoms with van der Waals surface area (Å²) in [7, 11) is 0. The second-order valence-corrected chi connectivity index (χ2v) is 4.24. The van der Waals surface area contributed by atoms with E-state index >= 15 is 0 Å². The van der Waals surface area contributed by atoms with Crippen molar-refractivity contribution in [2.24, 2.45) is 0 Å². The Labute approximate surface area is 103 Å². The van der Waals surface area contributed by atoms with Crippen molar-refractivity contribution in [1.82, 2.24) is 0 Å². The molecule has 0 unspecified atom stereocenters. The third-order valence-electron chi connectivity index (χ3n) is 1.90. The van der Waals surface area contributed by atoms with Crippen LogP contribution in [0.4, 0.5) is 0 Å². The molecule has 0 saturated carbocycles. The van der Waals surface area contributed by atoms with Crippen molar-refractivity contribution in [3.05, 3.63) is 26.7 Å². The molecule has 0 amide bonds. The summed E-state index contributed by atoms with van der Waals surface area (Å²) in [4.78, 5) is 11.6. The summed E-state index contributed by atoms with van der Waals surface area (Å²) < 4.78 is 0. The van der Waals surface area contributed by atoms with Crippen LogP contribution >= 0.6 is 34.8 Å². The maximum absolute atomic E-state index is 11.6. The van der Waals surface area contributed by atoms with Gasteiger partial charge < -0.3 is 5.11 Å². The second kappa shape index (κ2) is 5.06. The number of Topliss-reactive ketones (excluding diaryl/α,β-unsaturated/α-hetero) is 1. The van der Waals surface area contributed by atoms with Crippen molar-refractivity contribution in [3.63, 3.8) is 0 Å². The quantitative estimate of drug-likeness (QED) is 0.653. The lowest BCUT2D eigenvalue weighted by molar-refractivity contribution is 0.0979. The number of carbonyl (C=O) groups excluding carboxylic acids is 1. The van der Waals surface area contributed by atoms with Gasteiger partial charge in [-0.1, -0.05) is 41.7 Å². The van der Waals surface area contributed by atoms with Gasteiger partial charge in [-0.15, -0.1) is 0 Å². The summed E-state index contributed by atoms with van der Waals surface area (Å²) in [6, 6.07) is 1.31. The maximum atomic E-state index is 11.6. The fraction of sp³-hybridized carbons (Fsp3) is 0.300. The lowest BCUT2D eigenvalue weighted by Gasteiger charge is -2.08. The van der Waals surface area contributed by atoms with Crippen LogP contribution in [0, 0.1) is 0 Å². The molecule has 1 N–H and O–H groups in total. The molecule has 0 aliphatic rings. The van der Waals surface area contributed by atoms with Gasteiger partial charge in [0, 0.05) is 6.42 Å². The Hall–Kier alpha value is -0.440. The Morgan fingerprint density at radius 2 is 1.93 bits per heavy atom. The van der Waals surface area contributed by atoms with E-state index in [4.69, 9.17) is 34.8 Å². The summed E-state index contributed by atoms with van der Waals surface area (Å²) in [5.74, 6) is -0.561. The molecular weight excluding hydrogens is 258 g/mol. The minimum Gasteiger partial charge on any atom is -0.506 e. The average Bonchev–Trinajstić information content (AvgIpc) is 2.16. The molecule has 0 spiro atoms. The van der Waals surface area contributed by atoms with Crippen molar-refractivity contribution in [3.8, 4) is 5.75 Å². The van der Waals surface area contributed by atoms with Crippen molar-refractivity contribution < 1.29 is 9.90 Å². The Morgan fingerprint density at radius 3 is 2.47 bits per heavy atom. The van der Waals surface area contributed by atoms with Gasteiger partial charge in [0.2, 0.25) is 0 Å². The van der Waals surface area contributed by atoms with Crippen molar-refractivity contribution >= 4 is 40.6 Å². The van der Waals surface area contributed by atoms with Gasteiger partial charge in [-0.25, -0.2) is 0 Å². The molecule has 0 fully saturated rings. The zero-order valence-electron chi connectivity index (χ0n) is 7.98. The van der Waals surface area contributed by atoms with Crippen LogP contribution in [-0.2, 0) is 0 Å². The van der Waals surface area contributed by atoms with Gasteiger partial charge in [-0.2, -0.15) is 0 Å². The van der Waals surface area contributed by atoms with E-state index in [1.54, 1.807) is 0 Å². The number of hydrogen-bond donors (Lipinski definition) is 1. The Morgan fingerprint density at radius 1 is 1.33 bits per heavy atom. The van der Waals surface area contributed by atoms with Crippen molar-refractivity contribution in [2.75, 3.05) is 0 Å². The summed E-state index contributed by atoms with van der Waals surface area (Å²) in [6.07, 6.45) is 0.961. The van der Waals surface area contributed by atoms with Gasteiger partial charge in [-0.05, 0) is 12.5 Å². The van der Waals surface area contributed by atoms with Crippen LogP contribution in [0.2, 0.25) is 15.1 Å². The highest BCUT2D eigenvalue weighted by molar-refractivity contribution is 6.45. The second-order valence-electron chi connectivity index (χ2n) is 3.05. The molecule has 0 bridgehead atoms. The Kier molecular flexibility index (Phi) is 4.26. The molecule has 1 aromatic rings. The first-order chi connectivity index (χ1) is 6.99. The van der Waals surface area contributed by atoms with E-state index < -0.39 is 0 Å². The lowest BCUT2D eigenvalue weighted by Crippen LogP contribution is -2.00. The molecule has 5 heteroatoms. The van der Waals surface area contributed by atoms with Gasteiger partial charge in [0.15, 0.2) is 5.78 Å². The van der Waals surface area contributed by atoms with Crippen LogP contribution in [0.15, 0.2) is 6.07 Å². The number of benzene rings is 1. The lowest BCUT2D eigenvalue weighted by atomic mass is 10.1. The van der Waals surface area contributed by atoms with Crippen molar-refractivity contribution in [2.45, 2.75) is 19.8 Å². The number of phenolic OH excluding ortho intramolecular Hbond substituents is 1. The molecule has 1 aromatic carbocycles. The molecule has 1 rings (SSSR count). The summed E-state index contributed by atoms with van der Waals surface area (Å²) in [5.41, 5.74) is 0.0102. The first kappa shape index (κ1) is 12.6. The molecule has 0 atom stereocenters. The number of rotatable bonds is 3. The van der Waals surface area contributed by atoms with Gasteiger partial charge in [0.05, 0.1) is 20.6 Å². The van der Waals surface area contributed by atoms with Gasteiger partial charge >= 0.3 is 0 Å². The number of hydrogen-bond acceptors (Lipinski definition) is 2. The summed E-state index contributed by atoms with van der Waals surface area (Å²) >= 11 is 17.3. The molecule has 0 aliphatic carbocycles. The summed E-state index contributed by atoms with van der Waals surface area (Å²) in [5, 5.41) is 9.85. The van der Waals surface area contributed by atoms with Crippen molar-refractivity contribution in [1.29, 1.82) is 0 Å². The van der Waals surface area contributed by atoms with E-state index in [9.17, 15) is 9.90 Å². The Bertz CT molecular complexity index is 376. The highest BCUT2D eigenvalue weighted by atomic mass is 35.5. The largest absolute Gasteiger partial charge is 0.506 e. The molecule has 15 heavy (non-hydrogen) atoms. The van der Waals surface area contributed by atoms with Crippen LogP contribution in [0.25, 0.3) is 0 Å². The van der Waals surface area contributed by atoms with E-state index in [2.05, 4.69) is 0 Å². The standard InChI is InChI=1S/C10H9Cl3O2/c1-2-3-7(14)8-9(13)5(11)4-6(12)10(8)15/h4,15H,2-3H2,1H3. The van der Waals surface area contributed by atoms with Crippen LogP contribution < -0.4 is 0 Å². The molecule has 0 heterocycles. The molecule has 2 nitrogen and oxygen atoms in total. The third kappa shape index (κ3) is 2.57. The normalized spacial score (nSPS) is 10.4. The molecule has 0 aromatic heterocycles. The highest BCUT2D eigenvalue weighted by Crippen LogP contribution is 2.39. The van der Waals surface area contributed by atoms with Gasteiger partial charge in [0.1, 0.15) is 5.75 Å². The number of carbonyl (C=O) groups is 1. The van der Waals surface area contributed by atoms with E-state index in [0.717, 1.165) is 0 Å². The number of phenols is 1. The topological polar surface area (TPSA) is 37.3 Å². The van der Waals surface area contributed by atoms with E-state index in [1.165, 1.54) is 6.07 Å². The number of aromatic hydroxyl groups is 1. The zero-order valence-corrected chi connectivity index (χ0v) is 10.2. The minimum atomic E-state index is -0.301. The average molecular weight is 268 g/mol. The first-order valence-electron chi connectivity index (χ1n) is 4.38. The monoisotopic (exact) mass is 266 g/mol. The van der Waals surface area contributed by atoms with Crippen LogP contribution in [-0.4, -0.2) is 10.9 Å². The molecular formula is C10H9Cl3O2. The smallest absolute Gasteiger partial charge is 0.168 e. The summed E-state index contributed by atoms with van der Waals surface area (Å²) in [6.45, 7) is 1.86. The molecule has 0 aliphatic heterocycles. The third-order valence-corrected chi connectivity index (χ3v) is 2.98. The van der Waals surface area contributed by atoms with Crippen LogP contribution in [0.5, 0.6) is 5.75 Å². The highest BCUT2D eigenvalue weighted by Gasteiger charge is 2.20. The predicted molar refractivity (Wildman–Crippen MR) is 62.4 cm³/mol. The molecule has 82 valence electrons. The molecule has 0 saturated heterocycles. The van der Waals surface area contributed by atoms with E-state index in [-0.39, 0.29) is 32.2 Å². The SMILES string of the molecule is CCCC(=O)c1c(O)c(Cl)cc(Cl)c1Cl. The van der Waals surface area contributed by atoms with E-state index in [1.807, 2.05) is 6.92 Å². The van der Waals surface area contributed by atoms with Gasteiger partial charge in [-0.3, -0.25) is 4.79 Å². The Balaban J connectivity index is 3.32. The minimum absolute atomic E-state index is 0.0102. The van der Waals surface area contributed by atoms with Crippen LogP contribution in [0.3, 0.4) is 0 Å². The maximum Gasteiger partial charge on any atom is 0.168 e. The van der Waals surface area contributed by atoms with Crippen LogP contribution in [0.1, 0.15) is 30.1 Å². The van der Waals surface area contributed by atoms with Gasteiger partial charge in [0.25, 0.3) is 0 Å². The van der Waals surface area contributed by atoms with E-state index in [0.29, 0.717) is 12.8 Å². The number of ketones is 1. The fourth-order valence-electron chi connectivity index (χ4n) is 1.19. The fourth-order valence-corrected chi connectivity index (χ4v) is 1.90. The number of halogens is 3.